The van der Waals surface area contributed by atoms with Gasteiger partial charge >= 0.3 is 0 Å². The van der Waals surface area contributed by atoms with Gasteiger partial charge in [0.1, 0.15) is 11.5 Å². The molecule has 0 aliphatic rings. The zero-order chi connectivity index (χ0) is 13.7. The second kappa shape index (κ2) is 6.50. The van der Waals surface area contributed by atoms with E-state index in [1.54, 1.807) is 14.2 Å². The summed E-state index contributed by atoms with van der Waals surface area (Å²) in [6, 6.07) is 4.09. The first kappa shape index (κ1) is 14.6. The standard InChI is InChI=1S/C14H24N2O2/c1-9(2)12(8-15)16-14-10(3)6-11(17-4)7-13(14)18-5/h6-7,9,12,16H,8,15H2,1-5H3. The number of aryl methyl sites for hydroxylation is 1. The molecule has 1 aromatic carbocycles. The SMILES string of the molecule is COc1cc(C)c(NC(CN)C(C)C)c(OC)c1. The third-order valence-electron chi connectivity index (χ3n) is 3.12. The van der Waals surface area contributed by atoms with Crippen molar-refractivity contribution in [2.75, 3.05) is 26.1 Å². The van der Waals surface area contributed by atoms with Crippen LogP contribution in [0.3, 0.4) is 0 Å². The summed E-state index contributed by atoms with van der Waals surface area (Å²) in [5.41, 5.74) is 7.87. The third-order valence-corrected chi connectivity index (χ3v) is 3.12. The molecule has 1 aromatic rings. The normalized spacial score (nSPS) is 12.4. The molecule has 4 heteroatoms. The summed E-state index contributed by atoms with van der Waals surface area (Å²) in [7, 11) is 3.31. The first-order chi connectivity index (χ1) is 8.53. The number of nitrogens with one attached hydrogen (secondary N) is 1. The Labute approximate surface area is 109 Å². The van der Waals surface area contributed by atoms with E-state index in [9.17, 15) is 0 Å². The summed E-state index contributed by atoms with van der Waals surface area (Å²) in [6.07, 6.45) is 0. The molecule has 4 nitrogen and oxygen atoms in total. The van der Waals surface area contributed by atoms with Gasteiger partial charge in [0, 0.05) is 18.7 Å². The molecule has 102 valence electrons. The highest BCUT2D eigenvalue weighted by Gasteiger charge is 2.16. The van der Waals surface area contributed by atoms with Crippen LogP contribution in [0, 0.1) is 12.8 Å². The van der Waals surface area contributed by atoms with Crippen molar-refractivity contribution in [3.8, 4) is 11.5 Å². The number of anilines is 1. The number of hydrogen-bond acceptors (Lipinski definition) is 4. The highest BCUT2D eigenvalue weighted by atomic mass is 16.5. The van der Waals surface area contributed by atoms with E-state index in [-0.39, 0.29) is 6.04 Å². The molecule has 0 amide bonds. The molecule has 0 aliphatic heterocycles. The van der Waals surface area contributed by atoms with Crippen LogP contribution in [0.2, 0.25) is 0 Å². The molecule has 0 spiro atoms. The van der Waals surface area contributed by atoms with E-state index in [1.165, 1.54) is 0 Å². The molecule has 0 fully saturated rings. The molecular formula is C14H24N2O2. The van der Waals surface area contributed by atoms with Crippen LogP contribution in [-0.4, -0.2) is 26.8 Å². The first-order valence-corrected chi connectivity index (χ1v) is 6.22. The van der Waals surface area contributed by atoms with Crippen molar-refractivity contribution >= 4 is 5.69 Å². The summed E-state index contributed by atoms with van der Waals surface area (Å²) in [5, 5.41) is 3.46. The van der Waals surface area contributed by atoms with Gasteiger partial charge in [-0.1, -0.05) is 13.8 Å². The van der Waals surface area contributed by atoms with Crippen molar-refractivity contribution in [3.63, 3.8) is 0 Å². The van der Waals surface area contributed by atoms with Crippen LogP contribution >= 0.6 is 0 Å². The lowest BCUT2D eigenvalue weighted by molar-refractivity contribution is 0.394. The van der Waals surface area contributed by atoms with Crippen LogP contribution in [0.25, 0.3) is 0 Å². The predicted octanol–water partition coefficient (Wildman–Crippen LogP) is 2.41. The quantitative estimate of drug-likeness (QED) is 0.816. The van der Waals surface area contributed by atoms with Crippen LogP contribution in [-0.2, 0) is 0 Å². The molecule has 0 bridgehead atoms. The molecule has 3 N–H and O–H groups in total. The van der Waals surface area contributed by atoms with E-state index in [0.717, 1.165) is 22.7 Å². The van der Waals surface area contributed by atoms with Crippen LogP contribution in [0.5, 0.6) is 11.5 Å². The molecule has 1 unspecified atom stereocenters. The van der Waals surface area contributed by atoms with Gasteiger partial charge in [0.15, 0.2) is 0 Å². The van der Waals surface area contributed by atoms with Crippen molar-refractivity contribution in [1.82, 2.24) is 0 Å². The Morgan fingerprint density at radius 1 is 1.22 bits per heavy atom. The van der Waals surface area contributed by atoms with Crippen LogP contribution in [0.4, 0.5) is 5.69 Å². The van der Waals surface area contributed by atoms with Crippen molar-refractivity contribution in [2.24, 2.45) is 11.7 Å². The van der Waals surface area contributed by atoms with Crippen LogP contribution in [0.15, 0.2) is 12.1 Å². The van der Waals surface area contributed by atoms with E-state index in [2.05, 4.69) is 19.2 Å². The highest BCUT2D eigenvalue weighted by molar-refractivity contribution is 5.65. The molecule has 1 atom stereocenters. The lowest BCUT2D eigenvalue weighted by atomic mass is 10.0. The molecule has 0 saturated heterocycles. The summed E-state index contributed by atoms with van der Waals surface area (Å²) in [4.78, 5) is 0. The van der Waals surface area contributed by atoms with Gasteiger partial charge in [0.2, 0.25) is 0 Å². The van der Waals surface area contributed by atoms with E-state index in [1.807, 2.05) is 19.1 Å². The van der Waals surface area contributed by atoms with Crippen molar-refractivity contribution in [1.29, 1.82) is 0 Å². The van der Waals surface area contributed by atoms with E-state index < -0.39 is 0 Å². The zero-order valence-electron chi connectivity index (χ0n) is 11.9. The highest BCUT2D eigenvalue weighted by Crippen LogP contribution is 2.33. The Kier molecular flexibility index (Phi) is 5.28. The Balaban J connectivity index is 3.07. The van der Waals surface area contributed by atoms with Gasteiger partial charge in [-0.2, -0.15) is 0 Å². The topological polar surface area (TPSA) is 56.5 Å². The summed E-state index contributed by atoms with van der Waals surface area (Å²) < 4.78 is 10.6. The van der Waals surface area contributed by atoms with E-state index in [4.69, 9.17) is 15.2 Å². The number of benzene rings is 1. The maximum atomic E-state index is 5.79. The number of hydrogen-bond donors (Lipinski definition) is 2. The third kappa shape index (κ3) is 3.29. The molecule has 0 aromatic heterocycles. The molecule has 0 heterocycles. The van der Waals surface area contributed by atoms with E-state index >= 15 is 0 Å². The fourth-order valence-corrected chi connectivity index (χ4v) is 1.87. The Bertz CT molecular complexity index is 392. The summed E-state index contributed by atoms with van der Waals surface area (Å²) in [6.45, 7) is 6.92. The first-order valence-electron chi connectivity index (χ1n) is 6.22. The number of ether oxygens (including phenoxy) is 2. The Morgan fingerprint density at radius 2 is 1.89 bits per heavy atom. The molecular weight excluding hydrogens is 228 g/mol. The van der Waals surface area contributed by atoms with Gasteiger partial charge in [0.05, 0.1) is 19.9 Å². The average Bonchev–Trinajstić information content (AvgIpc) is 2.35. The molecule has 0 aliphatic carbocycles. The lowest BCUT2D eigenvalue weighted by Crippen LogP contribution is -2.34. The fraction of sp³-hybridized carbons (Fsp3) is 0.571. The Hall–Kier alpha value is -1.42. The van der Waals surface area contributed by atoms with Gasteiger partial charge < -0.3 is 20.5 Å². The molecule has 0 saturated carbocycles. The van der Waals surface area contributed by atoms with Crippen LogP contribution in [0.1, 0.15) is 19.4 Å². The maximum Gasteiger partial charge on any atom is 0.145 e. The molecule has 0 radical (unpaired) electrons. The zero-order valence-corrected chi connectivity index (χ0v) is 11.9. The number of rotatable bonds is 6. The summed E-state index contributed by atoms with van der Waals surface area (Å²) >= 11 is 0. The fourth-order valence-electron chi connectivity index (χ4n) is 1.87. The largest absolute Gasteiger partial charge is 0.497 e. The van der Waals surface area contributed by atoms with Crippen molar-refractivity contribution in [2.45, 2.75) is 26.8 Å². The van der Waals surface area contributed by atoms with Gasteiger partial charge in [0.25, 0.3) is 0 Å². The second-order valence-corrected chi connectivity index (χ2v) is 4.75. The minimum absolute atomic E-state index is 0.228. The van der Waals surface area contributed by atoms with E-state index in [0.29, 0.717) is 12.5 Å². The average molecular weight is 252 g/mol. The minimum atomic E-state index is 0.228. The van der Waals surface area contributed by atoms with Gasteiger partial charge in [-0.3, -0.25) is 0 Å². The summed E-state index contributed by atoms with van der Waals surface area (Å²) in [5.74, 6) is 2.04. The van der Waals surface area contributed by atoms with Gasteiger partial charge in [-0.25, -0.2) is 0 Å². The predicted molar refractivity (Wildman–Crippen MR) is 75.6 cm³/mol. The van der Waals surface area contributed by atoms with Crippen LogP contribution < -0.4 is 20.5 Å². The van der Waals surface area contributed by atoms with Crippen molar-refractivity contribution < 1.29 is 9.47 Å². The Morgan fingerprint density at radius 3 is 2.33 bits per heavy atom. The van der Waals surface area contributed by atoms with Gasteiger partial charge in [-0.05, 0) is 24.5 Å². The monoisotopic (exact) mass is 252 g/mol. The second-order valence-electron chi connectivity index (χ2n) is 4.75. The minimum Gasteiger partial charge on any atom is -0.497 e. The smallest absolute Gasteiger partial charge is 0.145 e. The maximum absolute atomic E-state index is 5.79. The van der Waals surface area contributed by atoms with Crippen molar-refractivity contribution in [3.05, 3.63) is 17.7 Å². The number of nitrogens with two attached hydrogens (primary N) is 1. The lowest BCUT2D eigenvalue weighted by Gasteiger charge is -2.24. The molecule has 1 rings (SSSR count). The van der Waals surface area contributed by atoms with Gasteiger partial charge in [-0.15, -0.1) is 0 Å². The number of methoxy groups -OCH3 is 2. The molecule has 18 heavy (non-hydrogen) atoms.